The molecule has 0 radical (unpaired) electrons. The SMILES string of the molecule is O=C(NCC(=O)N1CCN(c2ccccc2)CC1)C1CCCCC1. The van der Waals surface area contributed by atoms with E-state index in [4.69, 9.17) is 0 Å². The Bertz CT molecular complexity index is 547. The van der Waals surface area contributed by atoms with Gasteiger partial charge in [0.2, 0.25) is 11.8 Å². The zero-order valence-electron chi connectivity index (χ0n) is 14.2. The van der Waals surface area contributed by atoms with Crippen molar-refractivity contribution >= 4 is 17.5 Å². The van der Waals surface area contributed by atoms with Crippen molar-refractivity contribution < 1.29 is 9.59 Å². The molecule has 2 amide bonds. The molecule has 1 heterocycles. The molecule has 0 unspecified atom stereocenters. The number of anilines is 1. The molecule has 130 valence electrons. The minimum Gasteiger partial charge on any atom is -0.368 e. The van der Waals surface area contributed by atoms with E-state index in [-0.39, 0.29) is 24.3 Å². The van der Waals surface area contributed by atoms with Gasteiger partial charge in [-0.15, -0.1) is 0 Å². The topological polar surface area (TPSA) is 52.7 Å². The first kappa shape index (κ1) is 16.8. The quantitative estimate of drug-likeness (QED) is 0.920. The second-order valence-corrected chi connectivity index (χ2v) is 6.76. The molecular formula is C19H27N3O2. The second-order valence-electron chi connectivity index (χ2n) is 6.76. The summed E-state index contributed by atoms with van der Waals surface area (Å²) in [6.45, 7) is 3.25. The number of hydrogen-bond acceptors (Lipinski definition) is 3. The predicted octanol–water partition coefficient (Wildman–Crippen LogP) is 2.03. The van der Waals surface area contributed by atoms with Crippen molar-refractivity contribution in [3.05, 3.63) is 30.3 Å². The lowest BCUT2D eigenvalue weighted by Crippen LogP contribution is -2.51. The van der Waals surface area contributed by atoms with E-state index < -0.39 is 0 Å². The van der Waals surface area contributed by atoms with Crippen LogP contribution in [0.15, 0.2) is 30.3 Å². The largest absolute Gasteiger partial charge is 0.368 e. The third-order valence-electron chi connectivity index (χ3n) is 5.14. The lowest BCUT2D eigenvalue weighted by Gasteiger charge is -2.36. The molecule has 1 aromatic rings. The molecule has 1 aliphatic heterocycles. The Morgan fingerprint density at radius 1 is 0.958 bits per heavy atom. The van der Waals surface area contributed by atoms with Crippen molar-refractivity contribution in [2.24, 2.45) is 5.92 Å². The van der Waals surface area contributed by atoms with Gasteiger partial charge in [-0.25, -0.2) is 0 Å². The first-order valence-electron chi connectivity index (χ1n) is 9.09. The Kier molecular flexibility index (Phi) is 5.72. The highest BCUT2D eigenvalue weighted by Crippen LogP contribution is 2.23. The van der Waals surface area contributed by atoms with Crippen LogP contribution >= 0.6 is 0 Å². The molecule has 1 saturated carbocycles. The normalized spacial score (nSPS) is 19.2. The molecule has 3 rings (SSSR count). The molecule has 0 aromatic heterocycles. The third kappa shape index (κ3) is 4.28. The van der Waals surface area contributed by atoms with Crippen LogP contribution in [0.4, 0.5) is 5.69 Å². The van der Waals surface area contributed by atoms with Crippen LogP contribution in [0, 0.1) is 5.92 Å². The number of carbonyl (C=O) groups is 2. The summed E-state index contributed by atoms with van der Waals surface area (Å²) in [7, 11) is 0. The van der Waals surface area contributed by atoms with Crippen molar-refractivity contribution in [3.63, 3.8) is 0 Å². The van der Waals surface area contributed by atoms with Gasteiger partial charge in [-0.05, 0) is 25.0 Å². The van der Waals surface area contributed by atoms with Crippen LogP contribution in [0.1, 0.15) is 32.1 Å². The zero-order chi connectivity index (χ0) is 16.8. The van der Waals surface area contributed by atoms with E-state index in [2.05, 4.69) is 22.3 Å². The summed E-state index contributed by atoms with van der Waals surface area (Å²) >= 11 is 0. The highest BCUT2D eigenvalue weighted by atomic mass is 16.2. The summed E-state index contributed by atoms with van der Waals surface area (Å²) in [5.74, 6) is 0.208. The number of nitrogens with zero attached hydrogens (tertiary/aromatic N) is 2. The Hall–Kier alpha value is -2.04. The lowest BCUT2D eigenvalue weighted by molar-refractivity contribution is -0.134. The molecule has 24 heavy (non-hydrogen) atoms. The minimum atomic E-state index is 0.0341. The molecule has 2 aliphatic rings. The molecule has 1 N–H and O–H groups in total. The second kappa shape index (κ2) is 8.18. The fourth-order valence-electron chi connectivity index (χ4n) is 3.64. The fraction of sp³-hybridized carbons (Fsp3) is 0.579. The molecule has 1 aromatic carbocycles. The van der Waals surface area contributed by atoms with Crippen molar-refractivity contribution in [1.29, 1.82) is 0 Å². The number of carbonyl (C=O) groups excluding carboxylic acids is 2. The number of piperazine rings is 1. The minimum absolute atomic E-state index is 0.0341. The van der Waals surface area contributed by atoms with E-state index in [9.17, 15) is 9.59 Å². The molecule has 5 heteroatoms. The number of nitrogens with one attached hydrogen (secondary N) is 1. The number of para-hydroxylation sites is 1. The molecule has 0 bridgehead atoms. The van der Waals surface area contributed by atoms with Gasteiger partial charge in [-0.2, -0.15) is 0 Å². The summed E-state index contributed by atoms with van der Waals surface area (Å²) in [4.78, 5) is 28.6. The molecule has 0 atom stereocenters. The highest BCUT2D eigenvalue weighted by Gasteiger charge is 2.24. The van der Waals surface area contributed by atoms with Crippen molar-refractivity contribution in [3.8, 4) is 0 Å². The monoisotopic (exact) mass is 329 g/mol. The fourth-order valence-corrected chi connectivity index (χ4v) is 3.64. The standard InChI is InChI=1S/C19H27N3O2/c23-18(15-20-19(24)16-7-3-1-4-8-16)22-13-11-21(12-14-22)17-9-5-2-6-10-17/h2,5-6,9-10,16H,1,3-4,7-8,11-15H2,(H,20,24). The van der Waals surface area contributed by atoms with E-state index in [1.54, 1.807) is 0 Å². The van der Waals surface area contributed by atoms with Crippen molar-refractivity contribution in [2.45, 2.75) is 32.1 Å². The van der Waals surface area contributed by atoms with Gasteiger partial charge in [0, 0.05) is 37.8 Å². The third-order valence-corrected chi connectivity index (χ3v) is 5.14. The van der Waals surface area contributed by atoms with E-state index >= 15 is 0 Å². The number of hydrogen-bond donors (Lipinski definition) is 1. The average molecular weight is 329 g/mol. The predicted molar refractivity (Wildman–Crippen MR) is 94.8 cm³/mol. The Morgan fingerprint density at radius 2 is 1.62 bits per heavy atom. The molecule has 5 nitrogen and oxygen atoms in total. The van der Waals surface area contributed by atoms with Gasteiger partial charge in [0.15, 0.2) is 0 Å². The Labute approximate surface area is 144 Å². The van der Waals surface area contributed by atoms with Gasteiger partial charge in [-0.1, -0.05) is 37.5 Å². The summed E-state index contributed by atoms with van der Waals surface area (Å²) < 4.78 is 0. The van der Waals surface area contributed by atoms with E-state index in [0.29, 0.717) is 13.1 Å². The molecule has 2 fully saturated rings. The average Bonchev–Trinajstić information content (AvgIpc) is 2.67. The van der Waals surface area contributed by atoms with Crippen LogP contribution in [-0.4, -0.2) is 49.4 Å². The van der Waals surface area contributed by atoms with Gasteiger partial charge in [0.1, 0.15) is 0 Å². The summed E-state index contributed by atoms with van der Waals surface area (Å²) in [6, 6.07) is 10.3. The maximum Gasteiger partial charge on any atom is 0.242 e. The summed E-state index contributed by atoms with van der Waals surface area (Å²) in [6.07, 6.45) is 5.43. The first-order chi connectivity index (χ1) is 11.7. The van der Waals surface area contributed by atoms with Crippen LogP contribution in [-0.2, 0) is 9.59 Å². The van der Waals surface area contributed by atoms with Crippen LogP contribution in [0.5, 0.6) is 0 Å². The van der Waals surface area contributed by atoms with Gasteiger partial charge >= 0.3 is 0 Å². The van der Waals surface area contributed by atoms with Crippen molar-refractivity contribution in [1.82, 2.24) is 10.2 Å². The van der Waals surface area contributed by atoms with Gasteiger partial charge in [-0.3, -0.25) is 9.59 Å². The number of amides is 2. The van der Waals surface area contributed by atoms with E-state index in [1.165, 1.54) is 12.1 Å². The number of benzene rings is 1. The zero-order valence-corrected chi connectivity index (χ0v) is 14.2. The first-order valence-corrected chi connectivity index (χ1v) is 9.09. The van der Waals surface area contributed by atoms with Crippen LogP contribution < -0.4 is 10.2 Å². The molecule has 0 spiro atoms. The molecular weight excluding hydrogens is 302 g/mol. The van der Waals surface area contributed by atoms with Crippen LogP contribution in [0.25, 0.3) is 0 Å². The summed E-state index contributed by atoms with van der Waals surface area (Å²) in [5.41, 5.74) is 1.20. The van der Waals surface area contributed by atoms with Gasteiger partial charge in [0.25, 0.3) is 0 Å². The molecule has 1 aliphatic carbocycles. The van der Waals surface area contributed by atoms with E-state index in [1.807, 2.05) is 23.1 Å². The molecule has 1 saturated heterocycles. The highest BCUT2D eigenvalue weighted by molar-refractivity contribution is 5.86. The smallest absolute Gasteiger partial charge is 0.242 e. The van der Waals surface area contributed by atoms with Crippen LogP contribution in [0.3, 0.4) is 0 Å². The van der Waals surface area contributed by atoms with E-state index in [0.717, 1.165) is 38.8 Å². The van der Waals surface area contributed by atoms with Gasteiger partial charge in [0.05, 0.1) is 6.54 Å². The maximum atomic E-state index is 12.3. The lowest BCUT2D eigenvalue weighted by atomic mass is 9.89. The summed E-state index contributed by atoms with van der Waals surface area (Å²) in [5, 5.41) is 2.85. The van der Waals surface area contributed by atoms with Crippen LogP contribution in [0.2, 0.25) is 0 Å². The Morgan fingerprint density at radius 3 is 2.29 bits per heavy atom. The Balaban J connectivity index is 1.41. The maximum absolute atomic E-state index is 12.3. The van der Waals surface area contributed by atoms with Crippen molar-refractivity contribution in [2.75, 3.05) is 37.6 Å². The van der Waals surface area contributed by atoms with Gasteiger partial charge < -0.3 is 15.1 Å². The number of rotatable bonds is 4.